The van der Waals surface area contributed by atoms with E-state index in [1.165, 1.54) is 29.9 Å². The minimum Gasteiger partial charge on any atom is -0.491 e. The first-order valence-electron chi connectivity index (χ1n) is 7.25. The fraction of sp³-hybridized carbons (Fsp3) is 0.625. The molecule has 1 aliphatic heterocycles. The van der Waals surface area contributed by atoms with E-state index in [9.17, 15) is 0 Å². The number of benzene rings is 1. The Morgan fingerprint density at radius 3 is 2.53 bits per heavy atom. The maximum atomic E-state index is 5.68. The van der Waals surface area contributed by atoms with E-state index in [0.29, 0.717) is 12.1 Å². The van der Waals surface area contributed by atoms with Gasteiger partial charge in [-0.05, 0) is 57.1 Å². The van der Waals surface area contributed by atoms with Crippen molar-refractivity contribution >= 4 is 11.8 Å². The van der Waals surface area contributed by atoms with Gasteiger partial charge in [-0.1, -0.05) is 12.1 Å². The summed E-state index contributed by atoms with van der Waals surface area (Å²) in [5.74, 6) is 3.53. The van der Waals surface area contributed by atoms with E-state index in [-0.39, 0.29) is 6.10 Å². The van der Waals surface area contributed by atoms with Gasteiger partial charge in [-0.3, -0.25) is 0 Å². The van der Waals surface area contributed by atoms with Crippen molar-refractivity contribution in [2.75, 3.05) is 11.5 Å². The van der Waals surface area contributed by atoms with Gasteiger partial charge >= 0.3 is 0 Å². The van der Waals surface area contributed by atoms with Crippen molar-refractivity contribution in [3.05, 3.63) is 29.8 Å². The molecular formula is C16H25NOS. The molecule has 1 heterocycles. The van der Waals surface area contributed by atoms with Crippen LogP contribution in [0.3, 0.4) is 0 Å². The maximum absolute atomic E-state index is 5.68. The Labute approximate surface area is 121 Å². The molecule has 0 aromatic heterocycles. The van der Waals surface area contributed by atoms with Crippen LogP contribution in [-0.4, -0.2) is 23.7 Å². The Bertz CT molecular complexity index is 371. The van der Waals surface area contributed by atoms with Crippen molar-refractivity contribution in [3.63, 3.8) is 0 Å². The highest BCUT2D eigenvalue weighted by atomic mass is 32.2. The summed E-state index contributed by atoms with van der Waals surface area (Å²) in [7, 11) is 0. The molecule has 3 heteroatoms. The highest BCUT2D eigenvalue weighted by Gasteiger charge is 2.16. The topological polar surface area (TPSA) is 21.3 Å². The van der Waals surface area contributed by atoms with Crippen LogP contribution < -0.4 is 10.1 Å². The number of thioether (sulfide) groups is 1. The van der Waals surface area contributed by atoms with Gasteiger partial charge in [0.25, 0.3) is 0 Å². The SMILES string of the molecule is CC(C)Oc1ccc(C(C)NC2CCCSC2)cc1. The molecule has 1 N–H and O–H groups in total. The highest BCUT2D eigenvalue weighted by Crippen LogP contribution is 2.22. The van der Waals surface area contributed by atoms with E-state index < -0.39 is 0 Å². The molecule has 1 aliphatic rings. The van der Waals surface area contributed by atoms with Crippen molar-refractivity contribution in [1.29, 1.82) is 0 Å². The molecule has 0 saturated carbocycles. The average molecular weight is 279 g/mol. The van der Waals surface area contributed by atoms with Crippen molar-refractivity contribution in [2.24, 2.45) is 0 Å². The summed E-state index contributed by atoms with van der Waals surface area (Å²) >= 11 is 2.07. The third-order valence-electron chi connectivity index (χ3n) is 3.40. The van der Waals surface area contributed by atoms with Gasteiger partial charge in [0.2, 0.25) is 0 Å². The van der Waals surface area contributed by atoms with Crippen LogP contribution in [0.5, 0.6) is 5.75 Å². The lowest BCUT2D eigenvalue weighted by Gasteiger charge is -2.26. The molecule has 1 aromatic rings. The lowest BCUT2D eigenvalue weighted by Crippen LogP contribution is -2.35. The second-order valence-corrected chi connectivity index (χ2v) is 6.69. The zero-order chi connectivity index (χ0) is 13.7. The minimum absolute atomic E-state index is 0.237. The fourth-order valence-electron chi connectivity index (χ4n) is 2.43. The predicted molar refractivity (Wildman–Crippen MR) is 84.1 cm³/mol. The molecule has 0 radical (unpaired) electrons. The van der Waals surface area contributed by atoms with Crippen LogP contribution >= 0.6 is 11.8 Å². The lowest BCUT2D eigenvalue weighted by atomic mass is 10.1. The Morgan fingerprint density at radius 2 is 1.95 bits per heavy atom. The van der Waals surface area contributed by atoms with Crippen LogP contribution in [0, 0.1) is 0 Å². The zero-order valence-corrected chi connectivity index (χ0v) is 13.0. The summed E-state index contributed by atoms with van der Waals surface area (Å²) in [5.41, 5.74) is 1.34. The molecule has 2 nitrogen and oxygen atoms in total. The smallest absolute Gasteiger partial charge is 0.119 e. The van der Waals surface area contributed by atoms with Crippen LogP contribution in [0.25, 0.3) is 0 Å². The van der Waals surface area contributed by atoms with Crippen LogP contribution in [-0.2, 0) is 0 Å². The van der Waals surface area contributed by atoms with E-state index in [1.807, 2.05) is 0 Å². The summed E-state index contributed by atoms with van der Waals surface area (Å²) in [4.78, 5) is 0. The molecule has 106 valence electrons. The Hall–Kier alpha value is -0.670. The molecule has 19 heavy (non-hydrogen) atoms. The van der Waals surface area contributed by atoms with Crippen LogP contribution in [0.2, 0.25) is 0 Å². The summed E-state index contributed by atoms with van der Waals surface area (Å²) in [6.07, 6.45) is 2.89. The third-order valence-corrected chi connectivity index (χ3v) is 4.61. The largest absolute Gasteiger partial charge is 0.491 e. The van der Waals surface area contributed by atoms with Crippen molar-refractivity contribution in [1.82, 2.24) is 5.32 Å². The molecule has 1 aromatic carbocycles. The van der Waals surface area contributed by atoms with Gasteiger partial charge < -0.3 is 10.1 Å². The number of rotatable bonds is 5. The minimum atomic E-state index is 0.237. The Balaban J connectivity index is 1.89. The summed E-state index contributed by atoms with van der Waals surface area (Å²) < 4.78 is 5.68. The van der Waals surface area contributed by atoms with Crippen molar-refractivity contribution < 1.29 is 4.74 Å². The molecule has 0 aliphatic carbocycles. The van der Waals surface area contributed by atoms with Crippen LogP contribution in [0.1, 0.15) is 45.2 Å². The third kappa shape index (κ3) is 4.73. The van der Waals surface area contributed by atoms with Crippen LogP contribution in [0.4, 0.5) is 0 Å². The summed E-state index contributed by atoms with van der Waals surface area (Å²) in [5, 5.41) is 3.73. The second kappa shape index (κ2) is 7.20. The quantitative estimate of drug-likeness (QED) is 0.879. The highest BCUT2D eigenvalue weighted by molar-refractivity contribution is 7.99. The number of ether oxygens (including phenoxy) is 1. The van der Waals surface area contributed by atoms with Gasteiger partial charge in [-0.25, -0.2) is 0 Å². The van der Waals surface area contributed by atoms with Gasteiger partial charge in [0.1, 0.15) is 5.75 Å². The standard InChI is InChI=1S/C16H25NOS/c1-12(2)18-16-8-6-14(7-9-16)13(3)17-15-5-4-10-19-11-15/h6-9,12-13,15,17H,4-5,10-11H2,1-3H3. The first-order valence-corrected chi connectivity index (χ1v) is 8.41. The van der Waals surface area contributed by atoms with Gasteiger partial charge in [-0.15, -0.1) is 0 Å². The molecule has 2 unspecified atom stereocenters. The second-order valence-electron chi connectivity index (χ2n) is 5.54. The normalized spacial score (nSPS) is 21.4. The van der Waals surface area contributed by atoms with Crippen LogP contribution in [0.15, 0.2) is 24.3 Å². The summed E-state index contributed by atoms with van der Waals surface area (Å²) in [6.45, 7) is 6.36. The molecule has 0 bridgehead atoms. The summed E-state index contributed by atoms with van der Waals surface area (Å²) in [6, 6.07) is 9.57. The van der Waals surface area contributed by atoms with Gasteiger partial charge in [0.05, 0.1) is 6.10 Å². The predicted octanol–water partition coefficient (Wildman–Crippen LogP) is 4.02. The molecule has 1 fully saturated rings. The van der Waals surface area contributed by atoms with E-state index in [1.54, 1.807) is 0 Å². The average Bonchev–Trinajstić information content (AvgIpc) is 2.40. The lowest BCUT2D eigenvalue weighted by molar-refractivity contribution is 0.242. The van der Waals surface area contributed by atoms with Crippen molar-refractivity contribution in [3.8, 4) is 5.75 Å². The Morgan fingerprint density at radius 1 is 1.21 bits per heavy atom. The van der Waals surface area contributed by atoms with E-state index in [2.05, 4.69) is 62.1 Å². The van der Waals surface area contributed by atoms with E-state index >= 15 is 0 Å². The van der Waals surface area contributed by atoms with Gasteiger partial charge in [0, 0.05) is 17.8 Å². The zero-order valence-electron chi connectivity index (χ0n) is 12.2. The van der Waals surface area contributed by atoms with E-state index in [4.69, 9.17) is 4.74 Å². The fourth-order valence-corrected chi connectivity index (χ4v) is 3.51. The molecule has 1 saturated heterocycles. The molecular weight excluding hydrogens is 254 g/mol. The molecule has 0 amide bonds. The van der Waals surface area contributed by atoms with Gasteiger partial charge in [-0.2, -0.15) is 11.8 Å². The first-order chi connectivity index (χ1) is 9.15. The molecule has 2 atom stereocenters. The number of hydrogen-bond donors (Lipinski definition) is 1. The maximum Gasteiger partial charge on any atom is 0.119 e. The monoisotopic (exact) mass is 279 g/mol. The van der Waals surface area contributed by atoms with E-state index in [0.717, 1.165) is 5.75 Å². The molecule has 2 rings (SSSR count). The first kappa shape index (κ1) is 14.7. The van der Waals surface area contributed by atoms with Gasteiger partial charge in [0.15, 0.2) is 0 Å². The number of nitrogens with one attached hydrogen (secondary N) is 1. The Kier molecular flexibility index (Phi) is 5.59. The van der Waals surface area contributed by atoms with Crippen molar-refractivity contribution in [2.45, 2.75) is 51.8 Å². The molecule has 0 spiro atoms. The number of hydrogen-bond acceptors (Lipinski definition) is 3.